The van der Waals surface area contributed by atoms with E-state index in [1.807, 2.05) is 0 Å². The fourth-order valence-electron chi connectivity index (χ4n) is 1.02. The van der Waals surface area contributed by atoms with Gasteiger partial charge in [-0.05, 0) is 18.8 Å². The summed E-state index contributed by atoms with van der Waals surface area (Å²) in [6, 6.07) is 0. The van der Waals surface area contributed by atoms with Crippen LogP contribution in [0, 0.1) is 0 Å². The molecule has 0 spiro atoms. The van der Waals surface area contributed by atoms with Gasteiger partial charge in [-0.15, -0.1) is 10.2 Å². The number of tetrazole rings is 1. The summed E-state index contributed by atoms with van der Waals surface area (Å²) in [6.07, 6.45) is 0. The predicted molar refractivity (Wildman–Crippen MR) is 53.7 cm³/mol. The Balaban J connectivity index is 2.10. The topological polar surface area (TPSA) is 58.9 Å². The van der Waals surface area contributed by atoms with Crippen LogP contribution in [0.15, 0.2) is 0 Å². The SMILES string of the molecule is CCN(C)CCNCc1nnn(C)n1. The summed E-state index contributed by atoms with van der Waals surface area (Å²) < 4.78 is 0. The molecule has 0 amide bonds. The first-order chi connectivity index (χ1) is 6.72. The van der Waals surface area contributed by atoms with Gasteiger partial charge >= 0.3 is 0 Å². The minimum atomic E-state index is 0.686. The maximum absolute atomic E-state index is 4.07. The lowest BCUT2D eigenvalue weighted by Gasteiger charge is -2.13. The second-order valence-electron chi connectivity index (χ2n) is 3.27. The maximum Gasteiger partial charge on any atom is 0.188 e. The average Bonchev–Trinajstić information content (AvgIpc) is 2.58. The third-order valence-electron chi connectivity index (χ3n) is 2.04. The molecule has 0 aliphatic heterocycles. The molecule has 0 aromatic carbocycles. The van der Waals surface area contributed by atoms with E-state index in [9.17, 15) is 0 Å². The van der Waals surface area contributed by atoms with E-state index >= 15 is 0 Å². The van der Waals surface area contributed by atoms with E-state index in [1.54, 1.807) is 7.05 Å². The van der Waals surface area contributed by atoms with Gasteiger partial charge in [0.2, 0.25) is 0 Å². The van der Waals surface area contributed by atoms with Crippen molar-refractivity contribution in [3.63, 3.8) is 0 Å². The Labute approximate surface area is 84.3 Å². The van der Waals surface area contributed by atoms with Crippen molar-refractivity contribution < 1.29 is 0 Å². The zero-order chi connectivity index (χ0) is 10.4. The molecule has 6 nitrogen and oxygen atoms in total. The van der Waals surface area contributed by atoms with E-state index in [-0.39, 0.29) is 0 Å². The van der Waals surface area contributed by atoms with Gasteiger partial charge in [-0.25, -0.2) is 0 Å². The molecule has 0 bridgehead atoms. The first-order valence-electron chi connectivity index (χ1n) is 4.84. The molecule has 1 heterocycles. The number of aryl methyl sites for hydroxylation is 1. The minimum Gasteiger partial charge on any atom is -0.308 e. The predicted octanol–water partition coefficient (Wildman–Crippen LogP) is -0.749. The van der Waals surface area contributed by atoms with Crippen LogP contribution in [0.5, 0.6) is 0 Å². The van der Waals surface area contributed by atoms with Crippen LogP contribution < -0.4 is 5.32 Å². The summed E-state index contributed by atoms with van der Waals surface area (Å²) in [4.78, 5) is 3.71. The summed E-state index contributed by atoms with van der Waals surface area (Å²) in [5.41, 5.74) is 0. The first kappa shape index (κ1) is 11.1. The number of rotatable bonds is 6. The van der Waals surface area contributed by atoms with Gasteiger partial charge in [0.25, 0.3) is 0 Å². The Morgan fingerprint density at radius 3 is 2.86 bits per heavy atom. The van der Waals surface area contributed by atoms with Gasteiger partial charge in [0.15, 0.2) is 5.82 Å². The Bertz CT molecular complexity index is 258. The molecule has 0 saturated carbocycles. The van der Waals surface area contributed by atoms with Crippen molar-refractivity contribution in [3.8, 4) is 0 Å². The van der Waals surface area contributed by atoms with Crippen molar-refractivity contribution in [2.45, 2.75) is 13.5 Å². The second kappa shape index (κ2) is 5.66. The van der Waals surface area contributed by atoms with E-state index < -0.39 is 0 Å². The van der Waals surface area contributed by atoms with Gasteiger partial charge < -0.3 is 10.2 Å². The number of nitrogens with zero attached hydrogens (tertiary/aromatic N) is 5. The molecule has 6 heteroatoms. The van der Waals surface area contributed by atoms with Gasteiger partial charge in [0.05, 0.1) is 13.6 Å². The van der Waals surface area contributed by atoms with Crippen molar-refractivity contribution in [2.24, 2.45) is 7.05 Å². The Morgan fingerprint density at radius 1 is 1.50 bits per heavy atom. The molecule has 1 rings (SSSR count). The molecule has 1 aromatic rings. The maximum atomic E-state index is 4.07. The highest BCUT2D eigenvalue weighted by molar-refractivity contribution is 4.74. The summed E-state index contributed by atoms with van der Waals surface area (Å²) >= 11 is 0. The first-order valence-corrected chi connectivity index (χ1v) is 4.84. The second-order valence-corrected chi connectivity index (χ2v) is 3.27. The molecule has 1 N–H and O–H groups in total. The van der Waals surface area contributed by atoms with Gasteiger partial charge in [-0.3, -0.25) is 0 Å². The van der Waals surface area contributed by atoms with Crippen LogP contribution in [0.3, 0.4) is 0 Å². The summed E-state index contributed by atoms with van der Waals surface area (Å²) in [5.74, 6) is 0.742. The Morgan fingerprint density at radius 2 is 2.29 bits per heavy atom. The molecule has 0 saturated heterocycles. The van der Waals surface area contributed by atoms with Crippen LogP contribution >= 0.6 is 0 Å². The van der Waals surface area contributed by atoms with E-state index in [0.29, 0.717) is 6.54 Å². The molecule has 80 valence electrons. The van der Waals surface area contributed by atoms with Crippen LogP contribution in [0.2, 0.25) is 0 Å². The summed E-state index contributed by atoms with van der Waals surface area (Å²) in [5, 5.41) is 15.0. The minimum absolute atomic E-state index is 0.686. The number of nitrogens with one attached hydrogen (secondary N) is 1. The van der Waals surface area contributed by atoms with Crippen LogP contribution in [0.4, 0.5) is 0 Å². The fraction of sp³-hybridized carbons (Fsp3) is 0.875. The van der Waals surface area contributed by atoms with Gasteiger partial charge in [-0.2, -0.15) is 4.80 Å². The molecular formula is C8H18N6. The van der Waals surface area contributed by atoms with Gasteiger partial charge in [0, 0.05) is 13.1 Å². The van der Waals surface area contributed by atoms with E-state index in [4.69, 9.17) is 0 Å². The Hall–Kier alpha value is -1.01. The number of hydrogen-bond donors (Lipinski definition) is 1. The van der Waals surface area contributed by atoms with Crippen LogP contribution in [-0.2, 0) is 13.6 Å². The fourth-order valence-corrected chi connectivity index (χ4v) is 1.02. The number of aromatic nitrogens is 4. The lowest BCUT2D eigenvalue weighted by molar-refractivity contribution is 0.348. The monoisotopic (exact) mass is 198 g/mol. The average molecular weight is 198 g/mol. The largest absolute Gasteiger partial charge is 0.308 e. The van der Waals surface area contributed by atoms with Crippen molar-refractivity contribution >= 4 is 0 Å². The summed E-state index contributed by atoms with van der Waals surface area (Å²) in [6.45, 7) is 5.89. The van der Waals surface area contributed by atoms with Crippen molar-refractivity contribution in [1.29, 1.82) is 0 Å². The molecule has 0 aliphatic rings. The normalized spacial score (nSPS) is 11.1. The molecule has 1 aromatic heterocycles. The van der Waals surface area contributed by atoms with Gasteiger partial charge in [-0.1, -0.05) is 6.92 Å². The van der Waals surface area contributed by atoms with E-state index in [1.165, 1.54) is 4.80 Å². The third kappa shape index (κ3) is 3.80. The molecule has 0 aliphatic carbocycles. The molecule has 0 fully saturated rings. The third-order valence-corrected chi connectivity index (χ3v) is 2.04. The summed E-state index contributed by atoms with van der Waals surface area (Å²) in [7, 11) is 3.86. The zero-order valence-electron chi connectivity index (χ0n) is 9.06. The smallest absolute Gasteiger partial charge is 0.188 e. The Kier molecular flexibility index (Phi) is 4.48. The lowest BCUT2D eigenvalue weighted by Crippen LogP contribution is -2.29. The highest BCUT2D eigenvalue weighted by Gasteiger charge is 1.99. The van der Waals surface area contributed by atoms with E-state index in [0.717, 1.165) is 25.5 Å². The number of hydrogen-bond acceptors (Lipinski definition) is 5. The van der Waals surface area contributed by atoms with Crippen molar-refractivity contribution in [2.75, 3.05) is 26.7 Å². The highest BCUT2D eigenvalue weighted by Crippen LogP contribution is 1.84. The molecule has 0 unspecified atom stereocenters. The van der Waals surface area contributed by atoms with Crippen LogP contribution in [0.25, 0.3) is 0 Å². The quantitative estimate of drug-likeness (QED) is 0.610. The zero-order valence-corrected chi connectivity index (χ0v) is 9.06. The van der Waals surface area contributed by atoms with Crippen molar-refractivity contribution in [3.05, 3.63) is 5.82 Å². The van der Waals surface area contributed by atoms with Gasteiger partial charge in [0.1, 0.15) is 0 Å². The van der Waals surface area contributed by atoms with Crippen molar-refractivity contribution in [1.82, 2.24) is 30.4 Å². The molecule has 14 heavy (non-hydrogen) atoms. The van der Waals surface area contributed by atoms with Crippen LogP contribution in [-0.4, -0.2) is 51.8 Å². The van der Waals surface area contributed by atoms with E-state index in [2.05, 4.69) is 39.6 Å². The standard InChI is InChI=1S/C8H18N6/c1-4-13(2)6-5-9-7-8-10-12-14(3)11-8/h9H,4-7H2,1-3H3. The highest BCUT2D eigenvalue weighted by atomic mass is 15.6. The number of likely N-dealkylation sites (N-methyl/N-ethyl adjacent to an activating group) is 1. The molecular weight excluding hydrogens is 180 g/mol. The molecule has 0 radical (unpaired) electrons. The van der Waals surface area contributed by atoms with Crippen LogP contribution in [0.1, 0.15) is 12.7 Å². The molecule has 0 atom stereocenters. The lowest BCUT2D eigenvalue weighted by atomic mass is 10.5.